The van der Waals surface area contributed by atoms with Crippen LogP contribution in [0.25, 0.3) is 0 Å². The van der Waals surface area contributed by atoms with Crippen molar-refractivity contribution in [2.75, 3.05) is 19.7 Å². The molecule has 0 spiro atoms. The molecule has 10 atom stereocenters. The van der Waals surface area contributed by atoms with E-state index in [1.165, 1.54) is 0 Å². The number of hydrogen-bond donors (Lipinski definition) is 3. The normalized spacial score (nSPS) is 53.2. The molecule has 6 nitrogen and oxygen atoms in total. The van der Waals surface area contributed by atoms with Crippen LogP contribution in [0, 0.1) is 40.4 Å². The van der Waals surface area contributed by atoms with Crippen molar-refractivity contribution < 1.29 is 24.2 Å². The van der Waals surface area contributed by atoms with Gasteiger partial charge in [-0.15, -0.1) is 0 Å². The average Bonchev–Trinajstić information content (AvgIpc) is 3.35. The van der Waals surface area contributed by atoms with Gasteiger partial charge in [0.05, 0.1) is 11.8 Å². The third kappa shape index (κ3) is 3.21. The van der Waals surface area contributed by atoms with E-state index >= 15 is 0 Å². The second kappa shape index (κ2) is 7.77. The maximum absolute atomic E-state index is 14.5. The molecule has 3 N–H and O–H groups in total. The molecule has 0 aromatic heterocycles. The van der Waals surface area contributed by atoms with Gasteiger partial charge in [0.1, 0.15) is 6.10 Å². The summed E-state index contributed by atoms with van der Waals surface area (Å²) in [6, 6.07) is 0. The highest BCUT2D eigenvalue weighted by molar-refractivity contribution is 5.91. The standard InChI is InChI=1S/C24H37FN2O4/c1-23-6-3-13(27-31-14-5-8-26-11-14)9-17(23)15(12-28)21(29)20-16(23)4-7-24(2)18(20)10-19(25)22(24)30/h14-21,26,28-29H,3-12H2,1-2H3/b27-13+/t14?,15-,16?,17?,18?,19?,20?,21-,23-,24+/m1/s1. The van der Waals surface area contributed by atoms with Crippen LogP contribution < -0.4 is 5.32 Å². The molecule has 0 radical (unpaired) electrons. The number of oxime groups is 1. The van der Waals surface area contributed by atoms with Gasteiger partial charge in [0, 0.05) is 30.9 Å². The lowest BCUT2D eigenvalue weighted by Crippen LogP contribution is -2.62. The highest BCUT2D eigenvalue weighted by Crippen LogP contribution is 2.66. The Balaban J connectivity index is 1.42. The molecule has 1 saturated heterocycles. The molecular formula is C24H37FN2O4. The molecule has 0 bridgehead atoms. The van der Waals surface area contributed by atoms with Crippen LogP contribution in [-0.2, 0) is 9.63 Å². The zero-order chi connectivity index (χ0) is 22.0. The van der Waals surface area contributed by atoms with Gasteiger partial charge in [-0.05, 0) is 74.2 Å². The van der Waals surface area contributed by atoms with E-state index in [9.17, 15) is 19.4 Å². The van der Waals surface area contributed by atoms with Crippen LogP contribution >= 0.6 is 0 Å². The van der Waals surface area contributed by atoms with Crippen LogP contribution in [0.1, 0.15) is 58.8 Å². The van der Waals surface area contributed by atoms with E-state index in [1.807, 2.05) is 6.92 Å². The van der Waals surface area contributed by atoms with Crippen molar-refractivity contribution in [1.82, 2.24) is 5.32 Å². The Labute approximate surface area is 184 Å². The summed E-state index contributed by atoms with van der Waals surface area (Å²) in [5.74, 6) is -0.444. The molecule has 0 aromatic rings. The van der Waals surface area contributed by atoms with E-state index in [1.54, 1.807) is 0 Å². The Bertz CT molecular complexity index is 756. The molecule has 31 heavy (non-hydrogen) atoms. The van der Waals surface area contributed by atoms with Crippen LogP contribution in [0.4, 0.5) is 4.39 Å². The monoisotopic (exact) mass is 436 g/mol. The predicted molar refractivity (Wildman–Crippen MR) is 114 cm³/mol. The molecule has 0 aromatic carbocycles. The fraction of sp³-hybridized carbons (Fsp3) is 0.917. The number of nitrogens with one attached hydrogen (secondary N) is 1. The van der Waals surface area contributed by atoms with E-state index in [-0.39, 0.29) is 59.9 Å². The van der Waals surface area contributed by atoms with Gasteiger partial charge in [0.25, 0.3) is 0 Å². The number of rotatable bonds is 3. The minimum Gasteiger partial charge on any atom is -0.396 e. The number of aliphatic hydroxyl groups is 2. The Morgan fingerprint density at radius 3 is 2.74 bits per heavy atom. The van der Waals surface area contributed by atoms with Crippen LogP contribution in [0.2, 0.25) is 0 Å². The van der Waals surface area contributed by atoms with Gasteiger partial charge in [-0.25, -0.2) is 4.39 Å². The van der Waals surface area contributed by atoms with Gasteiger partial charge < -0.3 is 20.4 Å². The number of carbonyl (C=O) groups excluding carboxylic acids is 1. The lowest BCUT2D eigenvalue weighted by molar-refractivity contribution is -0.188. The van der Waals surface area contributed by atoms with E-state index in [2.05, 4.69) is 17.4 Å². The van der Waals surface area contributed by atoms with Crippen molar-refractivity contribution >= 4 is 11.5 Å². The summed E-state index contributed by atoms with van der Waals surface area (Å²) in [7, 11) is 0. The first-order valence-electron chi connectivity index (χ1n) is 12.2. The van der Waals surface area contributed by atoms with Crippen molar-refractivity contribution in [2.45, 2.75) is 77.2 Å². The number of Topliss-reactive ketones (excluding diaryl/α,β-unsaturated/α-hetero) is 1. The van der Waals surface area contributed by atoms with Crippen molar-refractivity contribution in [2.24, 2.45) is 45.6 Å². The van der Waals surface area contributed by atoms with Gasteiger partial charge in [0.2, 0.25) is 0 Å². The minimum absolute atomic E-state index is 0.0516. The maximum Gasteiger partial charge on any atom is 0.173 e. The number of alkyl halides is 1. The summed E-state index contributed by atoms with van der Waals surface area (Å²) < 4.78 is 14.5. The van der Waals surface area contributed by atoms with E-state index < -0.39 is 17.7 Å². The summed E-state index contributed by atoms with van der Waals surface area (Å²) in [6.07, 6.45) is 3.26. The van der Waals surface area contributed by atoms with Gasteiger partial charge >= 0.3 is 0 Å². The summed E-state index contributed by atoms with van der Waals surface area (Å²) >= 11 is 0. The second-order valence-corrected chi connectivity index (χ2v) is 11.3. The molecule has 6 unspecified atom stereocenters. The number of halogens is 1. The number of ketones is 1. The number of hydrogen-bond acceptors (Lipinski definition) is 6. The molecule has 1 heterocycles. The number of carbonyl (C=O) groups is 1. The minimum atomic E-state index is -1.41. The molecule has 4 saturated carbocycles. The molecule has 7 heteroatoms. The summed E-state index contributed by atoms with van der Waals surface area (Å²) in [4.78, 5) is 18.4. The Kier molecular flexibility index (Phi) is 5.46. The average molecular weight is 437 g/mol. The second-order valence-electron chi connectivity index (χ2n) is 11.3. The topological polar surface area (TPSA) is 91.2 Å². The van der Waals surface area contributed by atoms with Gasteiger partial charge in [-0.1, -0.05) is 19.0 Å². The first-order valence-corrected chi connectivity index (χ1v) is 12.2. The van der Waals surface area contributed by atoms with E-state index in [0.29, 0.717) is 6.42 Å². The van der Waals surface area contributed by atoms with Crippen LogP contribution in [-0.4, -0.2) is 59.8 Å². The van der Waals surface area contributed by atoms with Crippen LogP contribution in [0.15, 0.2) is 5.16 Å². The smallest absolute Gasteiger partial charge is 0.173 e. The predicted octanol–water partition coefficient (Wildman–Crippen LogP) is 2.47. The van der Waals surface area contributed by atoms with Crippen molar-refractivity contribution in [3.8, 4) is 0 Å². The first-order chi connectivity index (χ1) is 14.8. The highest BCUT2D eigenvalue weighted by atomic mass is 19.1. The fourth-order valence-electron chi connectivity index (χ4n) is 8.19. The molecule has 0 amide bonds. The number of aliphatic hydroxyl groups excluding tert-OH is 2. The molecule has 5 rings (SSSR count). The van der Waals surface area contributed by atoms with Crippen molar-refractivity contribution in [1.29, 1.82) is 0 Å². The Morgan fingerprint density at radius 2 is 2.03 bits per heavy atom. The zero-order valence-corrected chi connectivity index (χ0v) is 18.7. The molecule has 5 aliphatic rings. The fourth-order valence-corrected chi connectivity index (χ4v) is 8.19. The van der Waals surface area contributed by atoms with Crippen molar-refractivity contribution in [3.05, 3.63) is 0 Å². The summed E-state index contributed by atoms with van der Waals surface area (Å²) in [6.45, 7) is 5.90. The Hall–Kier alpha value is -1.05. The van der Waals surface area contributed by atoms with Crippen LogP contribution in [0.3, 0.4) is 0 Å². The van der Waals surface area contributed by atoms with E-state index in [0.717, 1.165) is 50.9 Å². The third-order valence-corrected chi connectivity index (χ3v) is 10.0. The van der Waals surface area contributed by atoms with E-state index in [4.69, 9.17) is 4.84 Å². The lowest BCUT2D eigenvalue weighted by Gasteiger charge is -2.63. The molecule has 1 aliphatic heterocycles. The number of fused-ring (bicyclic) bond motifs is 5. The van der Waals surface area contributed by atoms with Gasteiger partial charge in [0.15, 0.2) is 12.0 Å². The molecule has 4 aliphatic carbocycles. The molecule has 5 fully saturated rings. The quantitative estimate of drug-likeness (QED) is 0.592. The van der Waals surface area contributed by atoms with Crippen molar-refractivity contribution in [3.63, 3.8) is 0 Å². The highest BCUT2D eigenvalue weighted by Gasteiger charge is 2.66. The summed E-state index contributed by atoms with van der Waals surface area (Å²) in [5, 5.41) is 29.6. The largest absolute Gasteiger partial charge is 0.396 e. The lowest BCUT2D eigenvalue weighted by atomic mass is 9.42. The van der Waals surface area contributed by atoms with Gasteiger partial charge in [-0.2, -0.15) is 0 Å². The van der Waals surface area contributed by atoms with Crippen LogP contribution in [0.5, 0.6) is 0 Å². The number of nitrogens with zero attached hydrogens (tertiary/aromatic N) is 1. The Morgan fingerprint density at radius 1 is 1.23 bits per heavy atom. The molecular weight excluding hydrogens is 399 g/mol. The maximum atomic E-state index is 14.5. The first kappa shape index (κ1) is 21.8. The molecule has 174 valence electrons. The SMILES string of the molecule is C[C@]12CC/C(=N\OC3CCNC3)CC1[C@@H](CO)[C@@H](O)C1C2CC[C@]2(C)C(=O)C(F)CC12. The van der Waals surface area contributed by atoms with Gasteiger partial charge in [-0.3, -0.25) is 4.79 Å². The third-order valence-electron chi connectivity index (χ3n) is 10.0. The zero-order valence-electron chi connectivity index (χ0n) is 18.7. The summed E-state index contributed by atoms with van der Waals surface area (Å²) in [5.41, 5.74) is 0.304.